The molecule has 4 nitrogen and oxygen atoms in total. The van der Waals surface area contributed by atoms with Gasteiger partial charge in [0.1, 0.15) is 5.75 Å². The number of rotatable bonds is 3. The minimum absolute atomic E-state index is 0.350. The van der Waals surface area contributed by atoms with E-state index in [9.17, 15) is 0 Å². The predicted molar refractivity (Wildman–Crippen MR) is 91.9 cm³/mol. The van der Waals surface area contributed by atoms with E-state index in [-0.39, 0.29) is 18.3 Å². The van der Waals surface area contributed by atoms with Gasteiger partial charge in [0.15, 0.2) is 0 Å². The summed E-state index contributed by atoms with van der Waals surface area (Å²) in [5.41, 5.74) is 2.14. The highest BCUT2D eigenvalue weighted by molar-refractivity contribution is 6.62. The van der Waals surface area contributed by atoms with E-state index < -0.39 is 0 Å². The molecule has 2 heterocycles. The van der Waals surface area contributed by atoms with E-state index >= 15 is 0 Å². The van der Waals surface area contributed by atoms with Crippen LogP contribution in [0, 0.1) is 0 Å². The monoisotopic (exact) mass is 311 g/mol. The highest BCUT2D eigenvalue weighted by Crippen LogP contribution is 2.36. The third-order valence-electron chi connectivity index (χ3n) is 4.67. The van der Waals surface area contributed by atoms with Crippen molar-refractivity contribution in [1.29, 1.82) is 0 Å². The summed E-state index contributed by atoms with van der Waals surface area (Å²) >= 11 is 0. The fraction of sp³-hybridized carbons (Fsp3) is 0.389. The number of pyridine rings is 1. The van der Waals surface area contributed by atoms with Gasteiger partial charge in [0.2, 0.25) is 0 Å². The second kappa shape index (κ2) is 5.66. The van der Waals surface area contributed by atoms with Crippen molar-refractivity contribution in [3.05, 3.63) is 42.6 Å². The Morgan fingerprint density at radius 1 is 1.00 bits per heavy atom. The summed E-state index contributed by atoms with van der Waals surface area (Å²) in [5, 5.41) is 0. The van der Waals surface area contributed by atoms with Crippen LogP contribution in [0.4, 0.5) is 0 Å². The fourth-order valence-corrected chi connectivity index (χ4v) is 2.51. The first-order valence-electron chi connectivity index (χ1n) is 7.78. The summed E-state index contributed by atoms with van der Waals surface area (Å²) < 4.78 is 17.5. The van der Waals surface area contributed by atoms with E-state index in [4.69, 9.17) is 14.0 Å². The molecule has 0 aliphatic carbocycles. The number of aromatic nitrogens is 1. The molecule has 2 aromatic rings. The molecule has 1 saturated heterocycles. The Kier molecular flexibility index (Phi) is 3.94. The summed E-state index contributed by atoms with van der Waals surface area (Å²) in [5.74, 6) is 0.810. The molecule has 0 unspecified atom stereocenters. The van der Waals surface area contributed by atoms with Crippen molar-refractivity contribution < 1.29 is 14.0 Å². The summed E-state index contributed by atoms with van der Waals surface area (Å²) in [4.78, 5) is 4.46. The molecular weight excluding hydrogens is 289 g/mol. The Hall–Kier alpha value is -1.85. The normalized spacial score (nSPS) is 18.9. The van der Waals surface area contributed by atoms with Crippen molar-refractivity contribution in [3.8, 4) is 17.0 Å². The molecule has 0 saturated carbocycles. The largest absolute Gasteiger partial charge is 0.497 e. The van der Waals surface area contributed by atoms with Gasteiger partial charge < -0.3 is 14.0 Å². The molecule has 0 bridgehead atoms. The van der Waals surface area contributed by atoms with Crippen LogP contribution in [0.1, 0.15) is 27.7 Å². The Labute approximate surface area is 137 Å². The van der Waals surface area contributed by atoms with Crippen molar-refractivity contribution in [2.45, 2.75) is 38.9 Å². The fourth-order valence-electron chi connectivity index (χ4n) is 2.51. The molecule has 0 radical (unpaired) electrons. The maximum atomic E-state index is 6.11. The van der Waals surface area contributed by atoms with E-state index in [0.717, 1.165) is 22.5 Å². The molecule has 120 valence electrons. The molecule has 1 fully saturated rings. The Morgan fingerprint density at radius 2 is 1.70 bits per heavy atom. The van der Waals surface area contributed by atoms with Gasteiger partial charge in [-0.15, -0.1) is 0 Å². The molecule has 0 atom stereocenters. The Balaban J connectivity index is 1.92. The van der Waals surface area contributed by atoms with Crippen LogP contribution in [-0.2, 0) is 9.31 Å². The van der Waals surface area contributed by atoms with Crippen molar-refractivity contribution in [2.24, 2.45) is 0 Å². The van der Waals surface area contributed by atoms with E-state index in [1.54, 1.807) is 13.3 Å². The standard InChI is InChI=1S/C18H22BNO3/c1-17(2)18(3,4)23-19(22-17)14-9-10-20-16(12-14)13-7-6-8-15(11-13)21-5/h6-12H,1-5H3. The zero-order valence-electron chi connectivity index (χ0n) is 14.3. The van der Waals surface area contributed by atoms with Gasteiger partial charge in [0, 0.05) is 11.8 Å². The van der Waals surface area contributed by atoms with Gasteiger partial charge in [-0.25, -0.2) is 0 Å². The van der Waals surface area contributed by atoms with E-state index in [2.05, 4.69) is 32.7 Å². The number of nitrogens with zero attached hydrogens (tertiary/aromatic N) is 1. The Bertz CT molecular complexity index is 699. The third kappa shape index (κ3) is 2.99. The zero-order valence-corrected chi connectivity index (χ0v) is 14.3. The number of benzene rings is 1. The van der Waals surface area contributed by atoms with E-state index in [1.807, 2.05) is 36.4 Å². The van der Waals surface area contributed by atoms with Gasteiger partial charge in [-0.05, 0) is 57.4 Å². The summed E-state index contributed by atoms with van der Waals surface area (Å²) in [6.45, 7) is 8.21. The van der Waals surface area contributed by atoms with Gasteiger partial charge in [0.05, 0.1) is 24.0 Å². The van der Waals surface area contributed by atoms with Gasteiger partial charge in [-0.3, -0.25) is 4.98 Å². The lowest BCUT2D eigenvalue weighted by Gasteiger charge is -2.32. The van der Waals surface area contributed by atoms with Crippen LogP contribution in [0.2, 0.25) is 0 Å². The van der Waals surface area contributed by atoms with E-state index in [1.165, 1.54) is 0 Å². The van der Waals surface area contributed by atoms with Gasteiger partial charge in [-0.1, -0.05) is 12.1 Å². The number of methoxy groups -OCH3 is 1. The van der Waals surface area contributed by atoms with Crippen LogP contribution in [0.3, 0.4) is 0 Å². The smallest absolute Gasteiger partial charge is 0.494 e. The molecule has 5 heteroatoms. The quantitative estimate of drug-likeness (QED) is 0.817. The topological polar surface area (TPSA) is 40.6 Å². The second-order valence-electron chi connectivity index (χ2n) is 6.79. The maximum Gasteiger partial charge on any atom is 0.494 e. The van der Waals surface area contributed by atoms with Crippen LogP contribution in [0.5, 0.6) is 5.75 Å². The number of hydrogen-bond donors (Lipinski definition) is 0. The lowest BCUT2D eigenvalue weighted by atomic mass is 9.79. The Morgan fingerprint density at radius 3 is 2.35 bits per heavy atom. The highest BCUT2D eigenvalue weighted by atomic mass is 16.7. The number of ether oxygens (including phenoxy) is 1. The van der Waals surface area contributed by atoms with Crippen LogP contribution in [0.25, 0.3) is 11.3 Å². The molecular formula is C18H22BNO3. The molecule has 0 spiro atoms. The molecule has 1 aliphatic rings. The van der Waals surface area contributed by atoms with Crippen molar-refractivity contribution in [3.63, 3.8) is 0 Å². The molecule has 23 heavy (non-hydrogen) atoms. The van der Waals surface area contributed by atoms with Gasteiger partial charge >= 0.3 is 7.12 Å². The van der Waals surface area contributed by atoms with E-state index in [0.29, 0.717) is 0 Å². The average Bonchev–Trinajstić information content (AvgIpc) is 2.76. The summed E-state index contributed by atoms with van der Waals surface area (Å²) in [7, 11) is 1.28. The van der Waals surface area contributed by atoms with Crippen molar-refractivity contribution >= 4 is 12.6 Å². The molecule has 1 aromatic carbocycles. The lowest BCUT2D eigenvalue weighted by molar-refractivity contribution is 0.00578. The number of hydrogen-bond acceptors (Lipinski definition) is 4. The van der Waals surface area contributed by atoms with Crippen LogP contribution >= 0.6 is 0 Å². The zero-order chi connectivity index (χ0) is 16.7. The minimum atomic E-state index is -0.382. The second-order valence-corrected chi connectivity index (χ2v) is 6.79. The molecule has 1 aliphatic heterocycles. The SMILES string of the molecule is COc1cccc(-c2cc(B3OC(C)(C)C(C)(C)O3)ccn2)c1. The predicted octanol–water partition coefficient (Wildman–Crippen LogP) is 3.06. The first-order chi connectivity index (χ1) is 10.8. The first kappa shape index (κ1) is 16.0. The van der Waals surface area contributed by atoms with Crippen LogP contribution in [0.15, 0.2) is 42.6 Å². The van der Waals surface area contributed by atoms with Gasteiger partial charge in [-0.2, -0.15) is 0 Å². The van der Waals surface area contributed by atoms with Crippen molar-refractivity contribution in [1.82, 2.24) is 4.98 Å². The third-order valence-corrected chi connectivity index (χ3v) is 4.67. The van der Waals surface area contributed by atoms with Crippen molar-refractivity contribution in [2.75, 3.05) is 7.11 Å². The highest BCUT2D eigenvalue weighted by Gasteiger charge is 2.51. The summed E-state index contributed by atoms with van der Waals surface area (Å²) in [6.07, 6.45) is 1.79. The maximum absolute atomic E-state index is 6.11. The lowest BCUT2D eigenvalue weighted by Crippen LogP contribution is -2.41. The average molecular weight is 311 g/mol. The first-order valence-corrected chi connectivity index (χ1v) is 7.78. The molecule has 1 aromatic heterocycles. The molecule has 3 rings (SSSR count). The molecule has 0 N–H and O–H groups in total. The van der Waals surface area contributed by atoms with Crippen LogP contribution in [-0.4, -0.2) is 30.4 Å². The molecule has 0 amide bonds. The van der Waals surface area contributed by atoms with Crippen LogP contribution < -0.4 is 10.2 Å². The minimum Gasteiger partial charge on any atom is -0.497 e. The summed E-state index contributed by atoms with van der Waals surface area (Å²) in [6, 6.07) is 11.8. The van der Waals surface area contributed by atoms with Gasteiger partial charge in [0.25, 0.3) is 0 Å².